The van der Waals surface area contributed by atoms with E-state index in [1.165, 1.54) is 6.20 Å². The molecule has 0 aliphatic rings. The van der Waals surface area contributed by atoms with Gasteiger partial charge >= 0.3 is 0 Å². The number of fused-ring (bicyclic) bond motifs is 1. The molecule has 9 nitrogen and oxygen atoms in total. The van der Waals surface area contributed by atoms with Gasteiger partial charge in [-0.05, 0) is 37.0 Å². The van der Waals surface area contributed by atoms with E-state index in [1.807, 2.05) is 26.0 Å². The molecule has 0 fully saturated rings. The Hall–Kier alpha value is -4.19. The highest BCUT2D eigenvalue weighted by atomic mass is 16.3. The van der Waals surface area contributed by atoms with Gasteiger partial charge in [0, 0.05) is 42.4 Å². The van der Waals surface area contributed by atoms with Gasteiger partial charge in [0.2, 0.25) is 12.2 Å². The van der Waals surface area contributed by atoms with Crippen LogP contribution in [0, 0.1) is 17.2 Å². The van der Waals surface area contributed by atoms with Crippen LogP contribution in [-0.4, -0.2) is 35.4 Å². The van der Waals surface area contributed by atoms with E-state index in [0.29, 0.717) is 23.5 Å². The number of aromatic nitrogens is 2. The largest absolute Gasteiger partial charge is 0.444 e. The van der Waals surface area contributed by atoms with Gasteiger partial charge in [-0.3, -0.25) is 14.6 Å². The molecule has 0 radical (unpaired) electrons. The minimum Gasteiger partial charge on any atom is -0.444 e. The van der Waals surface area contributed by atoms with Crippen LogP contribution in [0.1, 0.15) is 74.3 Å². The highest BCUT2D eigenvalue weighted by Gasteiger charge is 2.18. The maximum atomic E-state index is 11.7. The van der Waals surface area contributed by atoms with E-state index in [1.54, 1.807) is 25.4 Å². The second-order valence-corrected chi connectivity index (χ2v) is 8.13. The van der Waals surface area contributed by atoms with E-state index < -0.39 is 0 Å². The first-order valence-corrected chi connectivity index (χ1v) is 12.4. The number of primary amides is 1. The fraction of sp³-hybridized carbons (Fsp3) is 0.393. The zero-order valence-electron chi connectivity index (χ0n) is 22.4. The van der Waals surface area contributed by atoms with Crippen LogP contribution in [0.4, 0.5) is 5.82 Å². The number of furan rings is 1. The summed E-state index contributed by atoms with van der Waals surface area (Å²) >= 11 is 0. The number of carbonyl (C=O) groups excluding carboxylic acids is 2. The van der Waals surface area contributed by atoms with Crippen molar-refractivity contribution in [2.45, 2.75) is 59.4 Å². The van der Waals surface area contributed by atoms with Crippen LogP contribution in [0.3, 0.4) is 0 Å². The molecule has 3 rings (SSSR count). The van der Waals surface area contributed by atoms with Crippen molar-refractivity contribution in [3.05, 3.63) is 65.8 Å². The molecule has 2 atom stereocenters. The van der Waals surface area contributed by atoms with Gasteiger partial charge in [-0.25, -0.2) is 4.98 Å². The Labute approximate surface area is 219 Å². The Balaban J connectivity index is 0.00000127. The standard InChI is InChI=1S/C25H29N5O2.C2H6.CH3NO/c1-5-7-19(10-16(3)6-2)30-24-12-21-20(22(13-26)32-23(21)15-29-24)11-18-9-8-17(14-28-18)25(31)27-4;1-2;2-1-3/h5,8-9,12,14-16,19H,1,6-7,10-11H2,2-4H3,(H,27,31)(H,29,30);1-2H3;1H,(H2,2,3). The monoisotopic (exact) mass is 506 g/mol. The first-order valence-electron chi connectivity index (χ1n) is 12.4. The van der Waals surface area contributed by atoms with E-state index in [-0.39, 0.29) is 24.1 Å². The van der Waals surface area contributed by atoms with Crippen molar-refractivity contribution in [2.24, 2.45) is 11.7 Å². The highest BCUT2D eigenvalue weighted by Crippen LogP contribution is 2.29. The minimum absolute atomic E-state index is 0.191. The van der Waals surface area contributed by atoms with Crippen molar-refractivity contribution in [1.29, 1.82) is 5.26 Å². The summed E-state index contributed by atoms with van der Waals surface area (Å²) in [6.45, 7) is 12.3. The summed E-state index contributed by atoms with van der Waals surface area (Å²) in [6, 6.07) is 7.81. The molecular formula is C28H38N6O3. The second-order valence-electron chi connectivity index (χ2n) is 8.13. The summed E-state index contributed by atoms with van der Waals surface area (Å²) in [5.74, 6) is 1.39. The quantitative estimate of drug-likeness (QED) is 0.260. The lowest BCUT2D eigenvalue weighted by atomic mass is 9.97. The van der Waals surface area contributed by atoms with Crippen molar-refractivity contribution in [1.82, 2.24) is 15.3 Å². The molecule has 198 valence electrons. The van der Waals surface area contributed by atoms with E-state index in [4.69, 9.17) is 9.21 Å². The van der Waals surface area contributed by atoms with Crippen molar-refractivity contribution in [3.8, 4) is 6.07 Å². The van der Waals surface area contributed by atoms with Crippen LogP contribution in [0.2, 0.25) is 0 Å². The van der Waals surface area contributed by atoms with Crippen molar-refractivity contribution < 1.29 is 14.0 Å². The Morgan fingerprint density at radius 1 is 1.30 bits per heavy atom. The Kier molecular flexibility index (Phi) is 13.7. The molecule has 3 aromatic heterocycles. The van der Waals surface area contributed by atoms with Crippen molar-refractivity contribution in [3.63, 3.8) is 0 Å². The number of nitrogens with one attached hydrogen (secondary N) is 2. The first kappa shape index (κ1) is 30.8. The van der Waals surface area contributed by atoms with E-state index in [9.17, 15) is 10.1 Å². The topological polar surface area (TPSA) is 147 Å². The van der Waals surface area contributed by atoms with Gasteiger partial charge in [0.15, 0.2) is 5.58 Å². The first-order chi connectivity index (χ1) is 17.9. The maximum Gasteiger partial charge on any atom is 0.252 e. The number of rotatable bonds is 10. The third-order valence-electron chi connectivity index (χ3n) is 5.64. The zero-order valence-corrected chi connectivity index (χ0v) is 22.4. The summed E-state index contributed by atoms with van der Waals surface area (Å²) in [7, 11) is 1.58. The molecule has 3 heterocycles. The fourth-order valence-corrected chi connectivity index (χ4v) is 3.66. The van der Waals surface area contributed by atoms with Crippen LogP contribution in [0.5, 0.6) is 0 Å². The lowest BCUT2D eigenvalue weighted by Gasteiger charge is -2.21. The SMILES string of the molecule is C=CCC(CC(C)CC)Nc1cc2c(Cc3ccc(C(=O)NC)cn3)c(C#N)oc2cn1.CC.NC=O. The minimum atomic E-state index is -0.191. The third-order valence-corrected chi connectivity index (χ3v) is 5.64. The average molecular weight is 507 g/mol. The van der Waals surface area contributed by atoms with Crippen molar-refractivity contribution in [2.75, 3.05) is 12.4 Å². The normalized spacial score (nSPS) is 11.5. The summed E-state index contributed by atoms with van der Waals surface area (Å²) in [5.41, 5.74) is 6.71. The Bertz CT molecular complexity index is 1180. The molecule has 2 amide bonds. The van der Waals surface area contributed by atoms with Crippen LogP contribution >= 0.6 is 0 Å². The van der Waals surface area contributed by atoms with Gasteiger partial charge in [-0.15, -0.1) is 6.58 Å². The Morgan fingerprint density at radius 3 is 2.54 bits per heavy atom. The lowest BCUT2D eigenvalue weighted by Crippen LogP contribution is -2.22. The number of nitrogens with zero attached hydrogens (tertiary/aromatic N) is 3. The summed E-state index contributed by atoms with van der Waals surface area (Å²) < 4.78 is 5.73. The number of nitrogens with two attached hydrogens (primary N) is 1. The molecule has 0 aliphatic heterocycles. The number of pyridine rings is 2. The summed E-state index contributed by atoms with van der Waals surface area (Å²) in [6.07, 6.45) is 8.74. The molecule has 0 saturated carbocycles. The van der Waals surface area contributed by atoms with E-state index in [0.717, 1.165) is 41.7 Å². The van der Waals surface area contributed by atoms with Gasteiger partial charge < -0.3 is 20.8 Å². The number of hydrogen-bond donors (Lipinski definition) is 3. The highest BCUT2D eigenvalue weighted by molar-refractivity contribution is 5.93. The number of carbonyl (C=O) groups is 2. The predicted octanol–water partition coefficient (Wildman–Crippen LogP) is 4.97. The average Bonchev–Trinajstić information content (AvgIpc) is 3.27. The molecule has 4 N–H and O–H groups in total. The Morgan fingerprint density at radius 2 is 2.00 bits per heavy atom. The van der Waals surface area contributed by atoms with Gasteiger partial charge in [0.1, 0.15) is 11.9 Å². The molecule has 3 aromatic rings. The number of hydrogen-bond acceptors (Lipinski definition) is 7. The van der Waals surface area contributed by atoms with E-state index in [2.05, 4.69) is 52.8 Å². The van der Waals surface area contributed by atoms with Crippen molar-refractivity contribution >= 4 is 29.1 Å². The van der Waals surface area contributed by atoms with Crippen LogP contribution in [-0.2, 0) is 11.2 Å². The maximum absolute atomic E-state index is 11.7. The molecule has 0 aromatic carbocycles. The molecule has 0 bridgehead atoms. The third kappa shape index (κ3) is 9.08. The van der Waals surface area contributed by atoms with E-state index >= 15 is 0 Å². The molecule has 9 heteroatoms. The smallest absolute Gasteiger partial charge is 0.252 e. The molecule has 0 aliphatic carbocycles. The van der Waals surface area contributed by atoms with Gasteiger partial charge in [-0.1, -0.05) is 40.2 Å². The summed E-state index contributed by atoms with van der Waals surface area (Å²) in [5, 5.41) is 16.5. The second kappa shape index (κ2) is 16.5. The molecule has 0 saturated heterocycles. The van der Waals surface area contributed by atoms with Crippen LogP contribution in [0.25, 0.3) is 11.0 Å². The van der Waals surface area contributed by atoms with Gasteiger partial charge in [0.05, 0.1) is 11.8 Å². The molecule has 37 heavy (non-hydrogen) atoms. The summed E-state index contributed by atoms with van der Waals surface area (Å²) in [4.78, 5) is 29.2. The number of amides is 2. The predicted molar refractivity (Wildman–Crippen MR) is 147 cm³/mol. The molecule has 0 spiro atoms. The number of nitriles is 1. The van der Waals surface area contributed by atoms with Gasteiger partial charge in [-0.2, -0.15) is 5.26 Å². The fourth-order valence-electron chi connectivity index (χ4n) is 3.66. The van der Waals surface area contributed by atoms with Crippen LogP contribution < -0.4 is 16.4 Å². The molecular weight excluding hydrogens is 468 g/mol. The van der Waals surface area contributed by atoms with Crippen LogP contribution in [0.15, 0.2) is 47.7 Å². The van der Waals surface area contributed by atoms with Gasteiger partial charge in [0.25, 0.3) is 5.91 Å². The number of anilines is 1. The lowest BCUT2D eigenvalue weighted by molar-refractivity contribution is -0.106. The zero-order chi connectivity index (χ0) is 27.8. The molecule has 2 unspecified atom stereocenters.